The van der Waals surface area contributed by atoms with E-state index in [-0.39, 0.29) is 10.5 Å². The molecule has 0 spiro atoms. The Bertz CT molecular complexity index is 439. The zero-order chi connectivity index (χ0) is 13.8. The first-order valence-corrected chi connectivity index (χ1v) is 7.10. The van der Waals surface area contributed by atoms with Gasteiger partial charge in [0.1, 0.15) is 0 Å². The molecule has 0 saturated carbocycles. The Kier molecular flexibility index (Phi) is 5.27. The van der Waals surface area contributed by atoms with Gasteiger partial charge >= 0.3 is 0 Å². The molecule has 3 N–H and O–H groups in total. The molecule has 1 aromatic carbocycles. The molecule has 1 unspecified atom stereocenters. The minimum absolute atomic E-state index is 0.141. The largest absolute Gasteiger partial charge is 0.381 e. The van der Waals surface area contributed by atoms with Crippen LogP contribution in [-0.4, -0.2) is 13.2 Å². The highest BCUT2D eigenvalue weighted by molar-refractivity contribution is 9.10. The third kappa shape index (κ3) is 3.51. The first-order chi connectivity index (χ1) is 9.13. The van der Waals surface area contributed by atoms with Crippen LogP contribution in [0.15, 0.2) is 16.6 Å². The van der Waals surface area contributed by atoms with Crippen molar-refractivity contribution in [3.05, 3.63) is 33.8 Å². The molecule has 0 bridgehead atoms. The van der Waals surface area contributed by atoms with Crippen molar-refractivity contribution in [2.45, 2.75) is 25.3 Å². The van der Waals surface area contributed by atoms with Gasteiger partial charge in [0.15, 0.2) is 11.6 Å². The SMILES string of the molecule is NNC(CC1CCOCC1)c1ccc(F)c(F)c1Br. The van der Waals surface area contributed by atoms with Crippen LogP contribution < -0.4 is 11.3 Å². The topological polar surface area (TPSA) is 47.3 Å². The fourth-order valence-corrected chi connectivity index (χ4v) is 3.01. The molecule has 1 aromatic rings. The number of rotatable bonds is 4. The Labute approximate surface area is 119 Å². The smallest absolute Gasteiger partial charge is 0.173 e. The second-order valence-corrected chi connectivity index (χ2v) is 5.57. The third-order valence-electron chi connectivity index (χ3n) is 3.55. The van der Waals surface area contributed by atoms with Gasteiger partial charge in [-0.05, 0) is 52.7 Å². The van der Waals surface area contributed by atoms with E-state index in [4.69, 9.17) is 10.6 Å². The fourth-order valence-electron chi connectivity index (χ4n) is 2.41. The highest BCUT2D eigenvalue weighted by Crippen LogP contribution is 2.33. The average molecular weight is 335 g/mol. The van der Waals surface area contributed by atoms with E-state index in [9.17, 15) is 8.78 Å². The Balaban J connectivity index is 2.14. The van der Waals surface area contributed by atoms with Crippen LogP contribution in [0.5, 0.6) is 0 Å². The van der Waals surface area contributed by atoms with Crippen LogP contribution in [0, 0.1) is 17.6 Å². The van der Waals surface area contributed by atoms with Crippen LogP contribution in [0.1, 0.15) is 30.9 Å². The molecule has 3 nitrogen and oxygen atoms in total. The van der Waals surface area contributed by atoms with Crippen molar-refractivity contribution in [2.75, 3.05) is 13.2 Å². The summed E-state index contributed by atoms with van der Waals surface area (Å²) < 4.78 is 32.1. The Hall–Kier alpha value is -0.560. The molecule has 0 aliphatic carbocycles. The number of halogens is 3. The number of ether oxygens (including phenoxy) is 1. The van der Waals surface area contributed by atoms with E-state index in [1.165, 1.54) is 0 Å². The molecule has 1 aliphatic rings. The first kappa shape index (κ1) is 14.8. The van der Waals surface area contributed by atoms with Crippen LogP contribution in [0.3, 0.4) is 0 Å². The van der Waals surface area contributed by atoms with Crippen molar-refractivity contribution in [1.82, 2.24) is 5.43 Å². The van der Waals surface area contributed by atoms with Gasteiger partial charge in [-0.15, -0.1) is 0 Å². The number of hydrazine groups is 1. The molecular weight excluding hydrogens is 318 g/mol. The van der Waals surface area contributed by atoms with Gasteiger partial charge in [-0.25, -0.2) is 8.78 Å². The summed E-state index contributed by atoms with van der Waals surface area (Å²) in [6.07, 6.45) is 2.72. The molecule has 1 aliphatic heterocycles. The summed E-state index contributed by atoms with van der Waals surface area (Å²) >= 11 is 3.10. The van der Waals surface area contributed by atoms with Crippen LogP contribution in [0.4, 0.5) is 8.78 Å². The highest BCUT2D eigenvalue weighted by Gasteiger charge is 2.23. The monoisotopic (exact) mass is 334 g/mol. The summed E-state index contributed by atoms with van der Waals surface area (Å²) in [5, 5.41) is 0. The van der Waals surface area contributed by atoms with Crippen LogP contribution >= 0.6 is 15.9 Å². The van der Waals surface area contributed by atoms with Gasteiger partial charge in [0.05, 0.1) is 4.47 Å². The molecule has 1 atom stereocenters. The number of nitrogens with one attached hydrogen (secondary N) is 1. The van der Waals surface area contributed by atoms with Crippen molar-refractivity contribution in [3.63, 3.8) is 0 Å². The zero-order valence-corrected chi connectivity index (χ0v) is 12.1. The third-order valence-corrected chi connectivity index (χ3v) is 4.36. The highest BCUT2D eigenvalue weighted by atomic mass is 79.9. The number of benzene rings is 1. The van der Waals surface area contributed by atoms with E-state index in [1.54, 1.807) is 6.07 Å². The average Bonchev–Trinajstić information content (AvgIpc) is 2.44. The van der Waals surface area contributed by atoms with Crippen LogP contribution in [0.2, 0.25) is 0 Å². The lowest BCUT2D eigenvalue weighted by Gasteiger charge is -2.27. The lowest BCUT2D eigenvalue weighted by atomic mass is 9.90. The minimum atomic E-state index is -0.871. The predicted molar refractivity (Wildman–Crippen MR) is 72.3 cm³/mol. The van der Waals surface area contributed by atoms with Gasteiger partial charge in [-0.3, -0.25) is 11.3 Å². The van der Waals surface area contributed by atoms with Crippen molar-refractivity contribution in [1.29, 1.82) is 0 Å². The maximum absolute atomic E-state index is 13.6. The molecule has 2 rings (SSSR count). The Morgan fingerprint density at radius 2 is 2.05 bits per heavy atom. The summed E-state index contributed by atoms with van der Waals surface area (Å²) in [5.74, 6) is 4.31. The van der Waals surface area contributed by atoms with Gasteiger partial charge in [0.25, 0.3) is 0 Å². The quantitative estimate of drug-likeness (QED) is 0.505. The maximum Gasteiger partial charge on any atom is 0.173 e. The van der Waals surface area contributed by atoms with Gasteiger partial charge in [0, 0.05) is 19.3 Å². The molecule has 1 fully saturated rings. The van der Waals surface area contributed by atoms with E-state index in [0.29, 0.717) is 11.5 Å². The predicted octanol–water partition coefficient (Wildman–Crippen LogP) is 3.05. The second-order valence-electron chi connectivity index (χ2n) is 4.78. The van der Waals surface area contributed by atoms with Crippen molar-refractivity contribution in [3.8, 4) is 0 Å². The molecule has 0 radical (unpaired) electrons. The summed E-state index contributed by atoms with van der Waals surface area (Å²) in [7, 11) is 0. The Morgan fingerprint density at radius 1 is 1.37 bits per heavy atom. The van der Waals surface area contributed by atoms with Gasteiger partial charge in [-0.2, -0.15) is 0 Å². The standard InChI is InChI=1S/C13H17BrF2N2O/c14-12-9(1-2-10(15)13(12)16)11(18-17)7-8-3-5-19-6-4-8/h1-2,8,11,18H,3-7,17H2. The zero-order valence-electron chi connectivity index (χ0n) is 10.5. The second kappa shape index (κ2) is 6.74. The number of nitrogens with two attached hydrogens (primary N) is 1. The van der Waals surface area contributed by atoms with Crippen LogP contribution in [-0.2, 0) is 4.74 Å². The normalized spacial score (nSPS) is 18.5. The molecule has 19 heavy (non-hydrogen) atoms. The van der Waals surface area contributed by atoms with Gasteiger partial charge < -0.3 is 4.74 Å². The van der Waals surface area contributed by atoms with Gasteiger partial charge in [-0.1, -0.05) is 6.07 Å². The van der Waals surface area contributed by atoms with E-state index in [0.717, 1.165) is 38.5 Å². The Morgan fingerprint density at radius 3 is 2.68 bits per heavy atom. The van der Waals surface area contributed by atoms with E-state index >= 15 is 0 Å². The molecule has 6 heteroatoms. The summed E-state index contributed by atoms with van der Waals surface area (Å²) in [6.45, 7) is 1.50. The van der Waals surface area contributed by atoms with Crippen molar-refractivity contribution >= 4 is 15.9 Å². The molecule has 1 saturated heterocycles. The van der Waals surface area contributed by atoms with Crippen LogP contribution in [0.25, 0.3) is 0 Å². The first-order valence-electron chi connectivity index (χ1n) is 6.30. The molecule has 1 heterocycles. The summed E-state index contributed by atoms with van der Waals surface area (Å²) in [5.41, 5.74) is 3.34. The van der Waals surface area contributed by atoms with E-state index < -0.39 is 11.6 Å². The molecule has 0 aromatic heterocycles. The molecular formula is C13H17BrF2N2O. The fraction of sp³-hybridized carbons (Fsp3) is 0.538. The lowest BCUT2D eigenvalue weighted by molar-refractivity contribution is 0.0604. The molecule has 106 valence electrons. The number of hydrogen-bond acceptors (Lipinski definition) is 3. The summed E-state index contributed by atoms with van der Waals surface area (Å²) in [6, 6.07) is 2.49. The minimum Gasteiger partial charge on any atom is -0.381 e. The van der Waals surface area contributed by atoms with Crippen molar-refractivity contribution < 1.29 is 13.5 Å². The maximum atomic E-state index is 13.6. The lowest BCUT2D eigenvalue weighted by Crippen LogP contribution is -2.31. The number of hydrogen-bond donors (Lipinski definition) is 2. The van der Waals surface area contributed by atoms with E-state index in [2.05, 4.69) is 21.4 Å². The summed E-state index contributed by atoms with van der Waals surface area (Å²) in [4.78, 5) is 0. The van der Waals surface area contributed by atoms with Gasteiger partial charge in [0.2, 0.25) is 0 Å². The van der Waals surface area contributed by atoms with Crippen molar-refractivity contribution in [2.24, 2.45) is 11.8 Å². The van der Waals surface area contributed by atoms with E-state index in [1.807, 2.05) is 0 Å². The molecule has 0 amide bonds.